The van der Waals surface area contributed by atoms with Crippen LogP contribution in [0.4, 0.5) is 0 Å². The second kappa shape index (κ2) is 6.13. The molecule has 19 heavy (non-hydrogen) atoms. The summed E-state index contributed by atoms with van der Waals surface area (Å²) >= 11 is 0. The molecule has 3 rings (SSSR count). The Morgan fingerprint density at radius 3 is 2.32 bits per heavy atom. The smallest absolute Gasteiger partial charge is 0.0198 e. The van der Waals surface area contributed by atoms with Crippen molar-refractivity contribution in [1.82, 2.24) is 10.2 Å². The molecule has 1 saturated heterocycles. The number of likely N-dealkylation sites (tertiary alicyclic amines) is 1. The Morgan fingerprint density at radius 2 is 1.79 bits per heavy atom. The summed E-state index contributed by atoms with van der Waals surface area (Å²) in [6, 6.07) is 1.69. The molecule has 3 fully saturated rings. The van der Waals surface area contributed by atoms with Gasteiger partial charge in [0.25, 0.3) is 0 Å². The lowest BCUT2D eigenvalue weighted by Gasteiger charge is -2.47. The SMILES string of the molecule is CC(C)C1CC(NCC2CCC2)CN(C2CCC2)C1. The van der Waals surface area contributed by atoms with E-state index in [0.717, 1.165) is 29.8 Å². The molecular formula is C17H32N2. The number of rotatable bonds is 5. The van der Waals surface area contributed by atoms with Crippen molar-refractivity contribution in [2.24, 2.45) is 17.8 Å². The highest BCUT2D eigenvalue weighted by Crippen LogP contribution is 2.32. The number of hydrogen-bond donors (Lipinski definition) is 1. The first-order valence-corrected chi connectivity index (χ1v) is 8.70. The summed E-state index contributed by atoms with van der Waals surface area (Å²) in [5, 5.41) is 3.90. The third-order valence-corrected chi connectivity index (χ3v) is 5.97. The lowest BCUT2D eigenvalue weighted by atomic mass is 9.81. The Labute approximate surface area is 119 Å². The second-order valence-corrected chi connectivity index (χ2v) is 7.68. The first-order valence-electron chi connectivity index (χ1n) is 8.70. The van der Waals surface area contributed by atoms with E-state index >= 15 is 0 Å². The molecule has 0 aromatic rings. The van der Waals surface area contributed by atoms with Crippen LogP contribution in [0.15, 0.2) is 0 Å². The fourth-order valence-corrected chi connectivity index (χ4v) is 3.88. The van der Waals surface area contributed by atoms with Gasteiger partial charge < -0.3 is 5.32 Å². The molecule has 3 aliphatic rings. The van der Waals surface area contributed by atoms with Gasteiger partial charge in [-0.25, -0.2) is 0 Å². The summed E-state index contributed by atoms with van der Waals surface area (Å²) in [6.45, 7) is 8.80. The molecular weight excluding hydrogens is 232 g/mol. The van der Waals surface area contributed by atoms with Crippen LogP contribution in [-0.4, -0.2) is 36.6 Å². The zero-order valence-electron chi connectivity index (χ0n) is 12.9. The highest BCUT2D eigenvalue weighted by Gasteiger charge is 2.34. The zero-order chi connectivity index (χ0) is 13.2. The highest BCUT2D eigenvalue weighted by molar-refractivity contribution is 4.91. The Morgan fingerprint density at radius 1 is 1.05 bits per heavy atom. The molecule has 0 aromatic heterocycles. The molecule has 0 bridgehead atoms. The number of nitrogens with zero attached hydrogens (tertiary/aromatic N) is 1. The van der Waals surface area contributed by atoms with Gasteiger partial charge in [-0.05, 0) is 56.4 Å². The number of nitrogens with one attached hydrogen (secondary N) is 1. The molecule has 1 heterocycles. The first kappa shape index (κ1) is 13.9. The maximum absolute atomic E-state index is 3.90. The van der Waals surface area contributed by atoms with Gasteiger partial charge >= 0.3 is 0 Å². The maximum Gasteiger partial charge on any atom is 0.0198 e. The molecule has 2 nitrogen and oxygen atoms in total. The Hall–Kier alpha value is -0.0800. The van der Waals surface area contributed by atoms with Crippen LogP contribution in [0.3, 0.4) is 0 Å². The normalized spacial score (nSPS) is 34.3. The summed E-state index contributed by atoms with van der Waals surface area (Å²) < 4.78 is 0. The van der Waals surface area contributed by atoms with E-state index in [1.54, 1.807) is 0 Å². The van der Waals surface area contributed by atoms with Crippen molar-refractivity contribution in [1.29, 1.82) is 0 Å². The molecule has 1 aliphatic heterocycles. The lowest BCUT2D eigenvalue weighted by molar-refractivity contribution is 0.0433. The monoisotopic (exact) mass is 264 g/mol. The standard InChI is InChI=1S/C17H32N2/c1-13(2)15-9-16(18-10-14-5-3-6-14)12-19(11-15)17-7-4-8-17/h13-18H,3-12H2,1-2H3. The van der Waals surface area contributed by atoms with Gasteiger partial charge in [0.2, 0.25) is 0 Å². The van der Waals surface area contributed by atoms with E-state index in [-0.39, 0.29) is 0 Å². The van der Waals surface area contributed by atoms with Crippen molar-refractivity contribution in [2.45, 2.75) is 70.9 Å². The molecule has 110 valence electrons. The van der Waals surface area contributed by atoms with Crippen LogP contribution >= 0.6 is 0 Å². The van der Waals surface area contributed by atoms with E-state index in [4.69, 9.17) is 0 Å². The van der Waals surface area contributed by atoms with E-state index in [1.807, 2.05) is 0 Å². The molecule has 1 N–H and O–H groups in total. The predicted molar refractivity (Wildman–Crippen MR) is 81.3 cm³/mol. The van der Waals surface area contributed by atoms with Gasteiger partial charge in [0.15, 0.2) is 0 Å². The van der Waals surface area contributed by atoms with Gasteiger partial charge in [0.05, 0.1) is 0 Å². The zero-order valence-corrected chi connectivity index (χ0v) is 12.9. The fourth-order valence-electron chi connectivity index (χ4n) is 3.88. The van der Waals surface area contributed by atoms with Crippen LogP contribution in [0.1, 0.15) is 58.8 Å². The van der Waals surface area contributed by atoms with Gasteiger partial charge in [-0.3, -0.25) is 4.90 Å². The van der Waals surface area contributed by atoms with Crippen LogP contribution in [0.2, 0.25) is 0 Å². The maximum atomic E-state index is 3.90. The van der Waals surface area contributed by atoms with Crippen molar-refractivity contribution in [3.8, 4) is 0 Å². The Kier molecular flexibility index (Phi) is 4.48. The third kappa shape index (κ3) is 3.33. The molecule has 2 atom stereocenters. The van der Waals surface area contributed by atoms with Gasteiger partial charge in [-0.2, -0.15) is 0 Å². The lowest BCUT2D eigenvalue weighted by Crippen LogP contribution is -2.55. The fraction of sp³-hybridized carbons (Fsp3) is 1.00. The molecule has 0 radical (unpaired) electrons. The van der Waals surface area contributed by atoms with Crippen LogP contribution in [-0.2, 0) is 0 Å². The topological polar surface area (TPSA) is 15.3 Å². The number of hydrogen-bond acceptors (Lipinski definition) is 2. The molecule has 2 heteroatoms. The quantitative estimate of drug-likeness (QED) is 0.820. The molecule has 0 amide bonds. The molecule has 2 unspecified atom stereocenters. The average molecular weight is 264 g/mol. The minimum absolute atomic E-state index is 0.766. The molecule has 0 spiro atoms. The van der Waals surface area contributed by atoms with E-state index in [2.05, 4.69) is 24.1 Å². The first-order chi connectivity index (χ1) is 9.22. The summed E-state index contributed by atoms with van der Waals surface area (Å²) in [5.74, 6) is 2.75. The van der Waals surface area contributed by atoms with Crippen LogP contribution in [0, 0.1) is 17.8 Å². The van der Waals surface area contributed by atoms with Crippen molar-refractivity contribution in [3.05, 3.63) is 0 Å². The van der Waals surface area contributed by atoms with Gasteiger partial charge in [-0.1, -0.05) is 26.7 Å². The number of piperidine rings is 1. The van der Waals surface area contributed by atoms with E-state index in [9.17, 15) is 0 Å². The minimum atomic E-state index is 0.766. The molecule has 2 aliphatic carbocycles. The van der Waals surface area contributed by atoms with Crippen LogP contribution < -0.4 is 5.32 Å². The van der Waals surface area contributed by atoms with E-state index in [1.165, 1.54) is 64.6 Å². The predicted octanol–water partition coefficient (Wildman–Crippen LogP) is 3.28. The van der Waals surface area contributed by atoms with E-state index in [0.29, 0.717) is 0 Å². The van der Waals surface area contributed by atoms with Gasteiger partial charge in [0.1, 0.15) is 0 Å². The summed E-state index contributed by atoms with van der Waals surface area (Å²) in [4.78, 5) is 2.82. The van der Waals surface area contributed by atoms with Crippen molar-refractivity contribution in [2.75, 3.05) is 19.6 Å². The largest absolute Gasteiger partial charge is 0.312 e. The Bertz CT molecular complexity index is 281. The van der Waals surface area contributed by atoms with Gasteiger partial charge in [-0.15, -0.1) is 0 Å². The van der Waals surface area contributed by atoms with Crippen molar-refractivity contribution in [3.63, 3.8) is 0 Å². The van der Waals surface area contributed by atoms with Crippen LogP contribution in [0.5, 0.6) is 0 Å². The summed E-state index contributed by atoms with van der Waals surface area (Å²) in [6.07, 6.45) is 10.2. The molecule has 0 aromatic carbocycles. The summed E-state index contributed by atoms with van der Waals surface area (Å²) in [7, 11) is 0. The van der Waals surface area contributed by atoms with Crippen molar-refractivity contribution >= 4 is 0 Å². The average Bonchev–Trinajstić information content (AvgIpc) is 2.24. The van der Waals surface area contributed by atoms with Crippen LogP contribution in [0.25, 0.3) is 0 Å². The van der Waals surface area contributed by atoms with E-state index < -0.39 is 0 Å². The summed E-state index contributed by atoms with van der Waals surface area (Å²) in [5.41, 5.74) is 0. The minimum Gasteiger partial charge on any atom is -0.312 e. The highest BCUT2D eigenvalue weighted by atomic mass is 15.2. The van der Waals surface area contributed by atoms with Gasteiger partial charge in [0, 0.05) is 25.2 Å². The molecule has 2 saturated carbocycles. The van der Waals surface area contributed by atoms with Crippen molar-refractivity contribution < 1.29 is 0 Å². The Balaban J connectivity index is 1.52. The second-order valence-electron chi connectivity index (χ2n) is 7.68. The third-order valence-electron chi connectivity index (χ3n) is 5.97.